The van der Waals surface area contributed by atoms with Gasteiger partial charge in [0, 0.05) is 6.07 Å². The molecule has 2 aliphatic heterocycles. The molecule has 0 spiro atoms. The molecule has 9 heteroatoms. The van der Waals surface area contributed by atoms with Crippen LogP contribution in [0.25, 0.3) is 22.6 Å². The first-order valence-corrected chi connectivity index (χ1v) is 8.38. The predicted molar refractivity (Wildman–Crippen MR) is 94.3 cm³/mol. The molecule has 1 saturated heterocycles. The van der Waals surface area contributed by atoms with Gasteiger partial charge in [-0.3, -0.25) is 4.79 Å². The summed E-state index contributed by atoms with van der Waals surface area (Å²) in [5.41, 5.74) is 1.21. The summed E-state index contributed by atoms with van der Waals surface area (Å²) in [5, 5.41) is 41.8. The van der Waals surface area contributed by atoms with E-state index < -0.39 is 42.7 Å². The second kappa shape index (κ2) is 6.87. The van der Waals surface area contributed by atoms with Crippen molar-refractivity contribution in [1.29, 1.82) is 0 Å². The average Bonchev–Trinajstić information content (AvgIpc) is 2.67. The zero-order chi connectivity index (χ0) is 19.1. The Morgan fingerprint density at radius 1 is 1.07 bits per heavy atom. The van der Waals surface area contributed by atoms with Crippen LogP contribution in [0.5, 0.6) is 0 Å². The number of para-hydroxylation sites is 2. The van der Waals surface area contributed by atoms with Crippen LogP contribution in [0, 0.1) is 0 Å². The first kappa shape index (κ1) is 17.8. The van der Waals surface area contributed by atoms with Crippen molar-refractivity contribution in [2.45, 2.75) is 30.6 Å². The van der Waals surface area contributed by atoms with Gasteiger partial charge in [-0.1, -0.05) is 12.1 Å². The fourth-order valence-corrected chi connectivity index (χ4v) is 3.09. The summed E-state index contributed by atoms with van der Waals surface area (Å²) in [4.78, 5) is 16.8. The van der Waals surface area contributed by atoms with Gasteiger partial charge < -0.3 is 34.9 Å². The zero-order valence-corrected chi connectivity index (χ0v) is 14.0. The molecule has 4 rings (SSSR count). The third-order valence-electron chi connectivity index (χ3n) is 4.58. The van der Waals surface area contributed by atoms with Crippen molar-refractivity contribution in [2.24, 2.45) is 0 Å². The molecule has 9 nitrogen and oxygen atoms in total. The highest BCUT2D eigenvalue weighted by Crippen LogP contribution is 2.27. The number of nitrogens with one attached hydrogen (secondary N) is 1. The minimum atomic E-state index is -1.54. The molecule has 1 aromatic rings. The molecule has 0 bridgehead atoms. The van der Waals surface area contributed by atoms with Crippen molar-refractivity contribution in [3.8, 4) is 11.5 Å². The number of benzene rings is 2. The van der Waals surface area contributed by atoms with E-state index in [1.807, 2.05) is 6.07 Å². The van der Waals surface area contributed by atoms with Crippen LogP contribution < -0.4 is 10.7 Å². The SMILES string of the molecule is O=c1cc2oc3ccccc3nc-2cc1N[C@@H]1O[C@H](CO)[C@@H](O)[C@H](O)[C@H]1O. The maximum absolute atomic E-state index is 12.4. The number of aliphatic hydroxyl groups is 4. The largest absolute Gasteiger partial charge is 0.453 e. The highest BCUT2D eigenvalue weighted by atomic mass is 16.6. The molecular formula is C18H18N2O7. The van der Waals surface area contributed by atoms with E-state index in [0.29, 0.717) is 22.6 Å². The zero-order valence-electron chi connectivity index (χ0n) is 14.0. The average molecular weight is 374 g/mol. The Bertz CT molecular complexity index is 989. The number of nitrogens with zero attached hydrogens (tertiary/aromatic N) is 1. The maximum atomic E-state index is 12.4. The quantitative estimate of drug-likeness (QED) is 0.383. The predicted octanol–water partition coefficient (Wildman–Crippen LogP) is -0.495. The van der Waals surface area contributed by atoms with E-state index in [1.165, 1.54) is 12.1 Å². The van der Waals surface area contributed by atoms with E-state index in [2.05, 4.69) is 10.3 Å². The van der Waals surface area contributed by atoms with Gasteiger partial charge in [-0.25, -0.2) is 4.98 Å². The topological polar surface area (TPSA) is 145 Å². The first-order chi connectivity index (χ1) is 13.0. The second-order valence-corrected chi connectivity index (χ2v) is 6.39. The Hall–Kier alpha value is -2.56. The minimum Gasteiger partial charge on any atom is -0.453 e. The summed E-state index contributed by atoms with van der Waals surface area (Å²) >= 11 is 0. The highest BCUT2D eigenvalue weighted by Gasteiger charge is 2.43. The first-order valence-electron chi connectivity index (χ1n) is 8.38. The summed E-state index contributed by atoms with van der Waals surface area (Å²) in [6.45, 7) is -0.558. The van der Waals surface area contributed by atoms with Crippen molar-refractivity contribution >= 4 is 16.8 Å². The van der Waals surface area contributed by atoms with Gasteiger partial charge in [0.15, 0.2) is 17.6 Å². The van der Waals surface area contributed by atoms with Crippen molar-refractivity contribution < 1.29 is 29.6 Å². The van der Waals surface area contributed by atoms with Gasteiger partial charge in [0.2, 0.25) is 5.43 Å². The Morgan fingerprint density at radius 3 is 2.63 bits per heavy atom. The van der Waals surface area contributed by atoms with Crippen LogP contribution in [0.15, 0.2) is 45.6 Å². The van der Waals surface area contributed by atoms with Crippen molar-refractivity contribution in [1.82, 2.24) is 4.98 Å². The number of aromatic nitrogens is 1. The number of hydrogen-bond donors (Lipinski definition) is 5. The van der Waals surface area contributed by atoms with Crippen LogP contribution in [-0.2, 0) is 4.74 Å². The Balaban J connectivity index is 1.69. The molecule has 1 fully saturated rings. The second-order valence-electron chi connectivity index (χ2n) is 6.39. The third kappa shape index (κ3) is 3.15. The van der Waals surface area contributed by atoms with Gasteiger partial charge in [0.25, 0.3) is 0 Å². The van der Waals surface area contributed by atoms with Gasteiger partial charge in [0.05, 0.1) is 12.3 Å². The lowest BCUT2D eigenvalue weighted by atomic mass is 9.98. The van der Waals surface area contributed by atoms with E-state index >= 15 is 0 Å². The van der Waals surface area contributed by atoms with Gasteiger partial charge in [0.1, 0.15) is 35.6 Å². The number of fused-ring (bicyclic) bond motifs is 2. The minimum absolute atomic E-state index is 0.0739. The molecular weight excluding hydrogens is 356 g/mol. The maximum Gasteiger partial charge on any atom is 0.205 e. The molecule has 27 heavy (non-hydrogen) atoms. The third-order valence-corrected chi connectivity index (χ3v) is 4.58. The molecule has 5 N–H and O–H groups in total. The molecule has 0 aromatic heterocycles. The Kier molecular flexibility index (Phi) is 4.54. The van der Waals surface area contributed by atoms with Crippen LogP contribution in [-0.4, -0.2) is 62.7 Å². The van der Waals surface area contributed by atoms with E-state index in [1.54, 1.807) is 18.2 Å². The van der Waals surface area contributed by atoms with Crippen LogP contribution in [0.3, 0.4) is 0 Å². The van der Waals surface area contributed by atoms with Gasteiger partial charge in [-0.15, -0.1) is 0 Å². The van der Waals surface area contributed by atoms with E-state index in [-0.39, 0.29) is 5.69 Å². The summed E-state index contributed by atoms with van der Waals surface area (Å²) < 4.78 is 11.0. The number of anilines is 1. The molecule has 0 saturated carbocycles. The lowest BCUT2D eigenvalue weighted by Gasteiger charge is -2.40. The number of hydrogen-bond acceptors (Lipinski definition) is 9. The lowest BCUT2D eigenvalue weighted by Crippen LogP contribution is -2.60. The summed E-state index contributed by atoms with van der Waals surface area (Å²) in [7, 11) is 0. The molecule has 1 aromatic carbocycles. The molecule has 5 atom stereocenters. The fraction of sp³-hybridized carbons (Fsp3) is 0.333. The number of ether oxygens (including phenoxy) is 1. The van der Waals surface area contributed by atoms with Gasteiger partial charge >= 0.3 is 0 Å². The molecule has 1 aliphatic carbocycles. The van der Waals surface area contributed by atoms with Crippen LogP contribution >= 0.6 is 0 Å². The highest BCUT2D eigenvalue weighted by molar-refractivity contribution is 5.77. The fourth-order valence-electron chi connectivity index (χ4n) is 3.09. The van der Waals surface area contributed by atoms with Crippen molar-refractivity contribution in [3.63, 3.8) is 0 Å². The normalized spacial score (nSPS) is 28.5. The molecule has 3 aliphatic rings. The van der Waals surface area contributed by atoms with Gasteiger partial charge in [-0.05, 0) is 18.2 Å². The number of aliphatic hydroxyl groups excluding tert-OH is 4. The number of rotatable bonds is 3. The summed E-state index contributed by atoms with van der Waals surface area (Å²) in [6, 6.07) is 9.84. The summed E-state index contributed by atoms with van der Waals surface area (Å²) in [6.07, 6.45) is -6.80. The smallest absolute Gasteiger partial charge is 0.205 e. The van der Waals surface area contributed by atoms with Crippen molar-refractivity contribution in [2.75, 3.05) is 11.9 Å². The standard InChI is InChI=1S/C18H18N2O7/c21-7-14-15(23)16(24)17(25)18(27-14)20-9-5-10-13(6-11(9)22)26-12-4-2-1-3-8(12)19-10/h1-6,14-18,20-21,23-25H,7H2/t14-,15-,16+,17-,18-/m1/s1. The molecule has 0 unspecified atom stereocenters. The van der Waals surface area contributed by atoms with Crippen LogP contribution in [0.1, 0.15) is 0 Å². The van der Waals surface area contributed by atoms with E-state index in [0.717, 1.165) is 0 Å². The van der Waals surface area contributed by atoms with Gasteiger partial charge in [-0.2, -0.15) is 0 Å². The Labute approximate surface area is 152 Å². The van der Waals surface area contributed by atoms with Crippen LogP contribution in [0.2, 0.25) is 0 Å². The van der Waals surface area contributed by atoms with Crippen LogP contribution in [0.4, 0.5) is 5.69 Å². The van der Waals surface area contributed by atoms with Crippen molar-refractivity contribution in [3.05, 3.63) is 46.6 Å². The van der Waals surface area contributed by atoms with E-state index in [4.69, 9.17) is 9.15 Å². The summed E-state index contributed by atoms with van der Waals surface area (Å²) in [5.74, 6) is 0.304. The molecule has 0 amide bonds. The monoisotopic (exact) mass is 374 g/mol. The molecule has 2 heterocycles. The van der Waals surface area contributed by atoms with E-state index in [9.17, 15) is 25.2 Å². The lowest BCUT2D eigenvalue weighted by molar-refractivity contribution is -0.221. The Morgan fingerprint density at radius 2 is 1.85 bits per heavy atom. The molecule has 142 valence electrons. The molecule has 0 radical (unpaired) electrons.